The summed E-state index contributed by atoms with van der Waals surface area (Å²) in [5.74, 6) is 2.64. The number of piperidine rings is 1. The molecular formula is C19H25N5O. The molecule has 0 aliphatic carbocycles. The molecular weight excluding hydrogens is 314 g/mol. The lowest BCUT2D eigenvalue weighted by molar-refractivity contribution is 0.108. The third-order valence-corrected chi connectivity index (χ3v) is 4.73. The molecule has 1 saturated heterocycles. The van der Waals surface area contributed by atoms with Gasteiger partial charge in [0.05, 0.1) is 18.2 Å². The Hall–Kier alpha value is -2.39. The molecule has 3 rings (SSSR count). The van der Waals surface area contributed by atoms with Gasteiger partial charge in [0.1, 0.15) is 24.0 Å². The molecule has 1 aromatic carbocycles. The van der Waals surface area contributed by atoms with Crippen LogP contribution < -0.4 is 4.74 Å². The summed E-state index contributed by atoms with van der Waals surface area (Å²) in [5.41, 5.74) is 0.655. The van der Waals surface area contributed by atoms with Gasteiger partial charge in [0.25, 0.3) is 0 Å². The number of likely N-dealkylation sites (tertiary alicyclic amines) is 1. The van der Waals surface area contributed by atoms with E-state index in [1.54, 1.807) is 12.1 Å². The molecule has 0 radical (unpaired) electrons. The van der Waals surface area contributed by atoms with Crippen molar-refractivity contribution in [3.05, 3.63) is 41.5 Å². The number of nitriles is 1. The molecule has 2 heterocycles. The monoisotopic (exact) mass is 339 g/mol. The van der Waals surface area contributed by atoms with E-state index in [4.69, 9.17) is 10.00 Å². The van der Waals surface area contributed by atoms with E-state index in [9.17, 15) is 0 Å². The number of ether oxygens (including phenoxy) is 1. The maximum Gasteiger partial charge on any atom is 0.147 e. The van der Waals surface area contributed by atoms with Crippen LogP contribution in [0.1, 0.15) is 36.5 Å². The highest BCUT2D eigenvalue weighted by Crippen LogP contribution is 2.19. The van der Waals surface area contributed by atoms with E-state index < -0.39 is 0 Å². The molecule has 6 nitrogen and oxygen atoms in total. The topological polar surface area (TPSA) is 67.0 Å². The highest BCUT2D eigenvalue weighted by molar-refractivity contribution is 5.34. The van der Waals surface area contributed by atoms with Crippen LogP contribution in [0.15, 0.2) is 24.3 Å². The summed E-state index contributed by atoms with van der Waals surface area (Å²) in [6, 6.07) is 9.89. The molecule has 0 N–H and O–H groups in total. The molecule has 6 heteroatoms. The summed E-state index contributed by atoms with van der Waals surface area (Å²) in [4.78, 5) is 6.91. The van der Waals surface area contributed by atoms with Gasteiger partial charge in [-0.15, -0.1) is 0 Å². The predicted molar refractivity (Wildman–Crippen MR) is 95.4 cm³/mol. The van der Waals surface area contributed by atoms with E-state index in [1.807, 2.05) is 30.7 Å². The van der Waals surface area contributed by atoms with E-state index in [0.29, 0.717) is 18.2 Å². The van der Waals surface area contributed by atoms with Gasteiger partial charge in [-0.05, 0) is 57.5 Å². The van der Waals surface area contributed by atoms with Gasteiger partial charge in [-0.1, -0.05) is 6.42 Å². The Morgan fingerprint density at radius 3 is 2.72 bits per heavy atom. The van der Waals surface area contributed by atoms with Gasteiger partial charge in [0.15, 0.2) is 0 Å². The molecule has 0 spiro atoms. The number of aryl methyl sites for hydroxylation is 2. The van der Waals surface area contributed by atoms with Crippen molar-refractivity contribution in [1.82, 2.24) is 19.7 Å². The van der Waals surface area contributed by atoms with E-state index in [-0.39, 0.29) is 0 Å². The van der Waals surface area contributed by atoms with E-state index in [0.717, 1.165) is 37.0 Å². The van der Waals surface area contributed by atoms with E-state index >= 15 is 0 Å². The minimum Gasteiger partial charge on any atom is -0.492 e. The molecule has 2 aromatic rings. The fourth-order valence-electron chi connectivity index (χ4n) is 3.40. The highest BCUT2D eigenvalue weighted by Gasteiger charge is 2.23. The SMILES string of the molecule is Cc1nc(C)n(C[C@@H]2CCCCN2CCOc2ccc(C#N)cc2)n1. The fourth-order valence-corrected chi connectivity index (χ4v) is 3.40. The Balaban J connectivity index is 1.54. The lowest BCUT2D eigenvalue weighted by atomic mass is 10.0. The molecule has 1 atom stereocenters. The Morgan fingerprint density at radius 2 is 2.04 bits per heavy atom. The molecule has 1 aliphatic heterocycles. The van der Waals surface area contributed by atoms with Crippen LogP contribution in [0.5, 0.6) is 5.75 Å². The van der Waals surface area contributed by atoms with Crippen molar-refractivity contribution >= 4 is 0 Å². The predicted octanol–water partition coefficient (Wildman–Crippen LogP) is 2.70. The molecule has 132 valence electrons. The van der Waals surface area contributed by atoms with Crippen LogP contribution in [0.3, 0.4) is 0 Å². The molecule has 1 fully saturated rings. The molecule has 25 heavy (non-hydrogen) atoms. The zero-order chi connectivity index (χ0) is 17.6. The van der Waals surface area contributed by atoms with Crippen LogP contribution in [0.2, 0.25) is 0 Å². The molecule has 0 amide bonds. The standard InChI is InChI=1S/C19H25N5O/c1-15-21-16(2)24(22-15)14-18-5-3-4-10-23(18)11-12-25-19-8-6-17(13-20)7-9-19/h6-9,18H,3-5,10-12,14H2,1-2H3/t18-/m0/s1. The Labute approximate surface area is 149 Å². The minimum atomic E-state index is 0.484. The third-order valence-electron chi connectivity index (χ3n) is 4.73. The zero-order valence-electron chi connectivity index (χ0n) is 15.0. The first-order valence-corrected chi connectivity index (χ1v) is 8.91. The van der Waals surface area contributed by atoms with Crippen LogP contribution in [-0.4, -0.2) is 45.4 Å². The maximum atomic E-state index is 8.84. The lowest BCUT2D eigenvalue weighted by Crippen LogP contribution is -2.44. The lowest BCUT2D eigenvalue weighted by Gasteiger charge is -2.35. The summed E-state index contributed by atoms with van der Waals surface area (Å²) in [6.45, 7) is 7.50. The molecule has 0 saturated carbocycles. The first kappa shape index (κ1) is 17.4. The second-order valence-electron chi connectivity index (χ2n) is 6.56. The van der Waals surface area contributed by atoms with Gasteiger partial charge in [-0.25, -0.2) is 9.67 Å². The summed E-state index contributed by atoms with van der Waals surface area (Å²) < 4.78 is 7.88. The van der Waals surface area contributed by atoms with E-state index in [2.05, 4.69) is 21.1 Å². The molecule has 0 bridgehead atoms. The number of aromatic nitrogens is 3. The third kappa shape index (κ3) is 4.58. The van der Waals surface area contributed by atoms with Crippen molar-refractivity contribution in [2.24, 2.45) is 0 Å². The average molecular weight is 339 g/mol. The number of hydrogen-bond acceptors (Lipinski definition) is 5. The normalized spacial score (nSPS) is 18.0. The van der Waals surface area contributed by atoms with Crippen molar-refractivity contribution in [3.8, 4) is 11.8 Å². The Kier molecular flexibility index (Phi) is 5.67. The van der Waals surface area contributed by atoms with Crippen molar-refractivity contribution < 1.29 is 4.74 Å². The minimum absolute atomic E-state index is 0.484. The van der Waals surface area contributed by atoms with Crippen LogP contribution in [-0.2, 0) is 6.54 Å². The fraction of sp³-hybridized carbons (Fsp3) is 0.526. The second-order valence-corrected chi connectivity index (χ2v) is 6.56. The summed E-state index contributed by atoms with van der Waals surface area (Å²) in [6.07, 6.45) is 3.70. The summed E-state index contributed by atoms with van der Waals surface area (Å²) in [7, 11) is 0. The summed E-state index contributed by atoms with van der Waals surface area (Å²) >= 11 is 0. The van der Waals surface area contributed by atoms with Crippen molar-refractivity contribution in [2.45, 2.75) is 45.7 Å². The van der Waals surface area contributed by atoms with Crippen molar-refractivity contribution in [3.63, 3.8) is 0 Å². The van der Waals surface area contributed by atoms with Gasteiger partial charge in [-0.2, -0.15) is 10.4 Å². The number of benzene rings is 1. The molecule has 1 aliphatic rings. The van der Waals surface area contributed by atoms with Crippen LogP contribution in [0.4, 0.5) is 0 Å². The van der Waals surface area contributed by atoms with Gasteiger partial charge in [0, 0.05) is 12.6 Å². The summed E-state index contributed by atoms with van der Waals surface area (Å²) in [5, 5.41) is 13.3. The van der Waals surface area contributed by atoms with Crippen LogP contribution in [0.25, 0.3) is 0 Å². The van der Waals surface area contributed by atoms with Gasteiger partial charge in [0.2, 0.25) is 0 Å². The maximum absolute atomic E-state index is 8.84. The van der Waals surface area contributed by atoms with Crippen molar-refractivity contribution in [2.75, 3.05) is 19.7 Å². The van der Waals surface area contributed by atoms with E-state index in [1.165, 1.54) is 19.3 Å². The van der Waals surface area contributed by atoms with Crippen LogP contribution >= 0.6 is 0 Å². The number of rotatable bonds is 6. The quantitative estimate of drug-likeness (QED) is 0.809. The zero-order valence-corrected chi connectivity index (χ0v) is 15.0. The second kappa shape index (κ2) is 8.13. The number of hydrogen-bond donors (Lipinski definition) is 0. The van der Waals surface area contributed by atoms with Gasteiger partial charge >= 0.3 is 0 Å². The first-order chi connectivity index (χ1) is 12.2. The van der Waals surface area contributed by atoms with Gasteiger partial charge < -0.3 is 4.74 Å². The average Bonchev–Trinajstić information content (AvgIpc) is 2.94. The Morgan fingerprint density at radius 1 is 1.24 bits per heavy atom. The van der Waals surface area contributed by atoms with Crippen molar-refractivity contribution in [1.29, 1.82) is 5.26 Å². The first-order valence-electron chi connectivity index (χ1n) is 8.91. The Bertz CT molecular complexity index is 731. The van der Waals surface area contributed by atoms with Gasteiger partial charge in [-0.3, -0.25) is 4.90 Å². The van der Waals surface area contributed by atoms with Crippen LogP contribution in [0, 0.1) is 25.2 Å². The highest BCUT2D eigenvalue weighted by atomic mass is 16.5. The smallest absolute Gasteiger partial charge is 0.147 e. The molecule has 1 aromatic heterocycles. The number of nitrogens with zero attached hydrogens (tertiary/aromatic N) is 5. The molecule has 0 unspecified atom stereocenters. The largest absolute Gasteiger partial charge is 0.492 e.